The third kappa shape index (κ3) is 7.23. The lowest BCUT2D eigenvalue weighted by Crippen LogP contribution is -2.51. The van der Waals surface area contributed by atoms with Gasteiger partial charge in [0, 0.05) is 23.1 Å². The van der Waals surface area contributed by atoms with Crippen LogP contribution in [0.3, 0.4) is 0 Å². The van der Waals surface area contributed by atoms with E-state index in [9.17, 15) is 18.0 Å². The molecule has 0 heterocycles. The Bertz CT molecular complexity index is 1430. The Morgan fingerprint density at radius 2 is 1.72 bits per heavy atom. The highest BCUT2D eigenvalue weighted by molar-refractivity contribution is 7.92. The van der Waals surface area contributed by atoms with E-state index in [0.717, 1.165) is 9.87 Å². The molecule has 2 amide bonds. The first kappa shape index (κ1) is 30.3. The van der Waals surface area contributed by atoms with Crippen molar-refractivity contribution >= 4 is 50.7 Å². The van der Waals surface area contributed by atoms with Crippen molar-refractivity contribution in [1.82, 2.24) is 10.2 Å². The van der Waals surface area contributed by atoms with Crippen molar-refractivity contribution in [2.75, 3.05) is 24.5 Å². The summed E-state index contributed by atoms with van der Waals surface area (Å²) in [6.45, 7) is 4.89. The fourth-order valence-corrected chi connectivity index (χ4v) is 5.87. The molecular weight excluding hydrogens is 561 g/mol. The van der Waals surface area contributed by atoms with Gasteiger partial charge in [0.2, 0.25) is 11.8 Å². The number of carbonyl (C=O) groups is 2. The minimum absolute atomic E-state index is 0.00503. The number of likely N-dealkylation sites (N-methyl/N-ethyl adjacent to an activating group) is 1. The number of methoxy groups -OCH3 is 1. The molecule has 1 unspecified atom stereocenters. The van der Waals surface area contributed by atoms with Gasteiger partial charge < -0.3 is 15.0 Å². The first-order valence-corrected chi connectivity index (χ1v) is 14.4. The molecule has 1 atom stereocenters. The smallest absolute Gasteiger partial charge is 0.264 e. The highest BCUT2D eigenvalue weighted by atomic mass is 35.5. The lowest BCUT2D eigenvalue weighted by atomic mass is 10.1. The number of amides is 2. The summed E-state index contributed by atoms with van der Waals surface area (Å²) in [5.41, 5.74) is 1.52. The van der Waals surface area contributed by atoms with Gasteiger partial charge in [-0.3, -0.25) is 13.9 Å². The van der Waals surface area contributed by atoms with Crippen LogP contribution in [0, 0.1) is 6.92 Å². The Balaban J connectivity index is 2.11. The van der Waals surface area contributed by atoms with Crippen molar-refractivity contribution < 1.29 is 22.7 Å². The highest BCUT2D eigenvalue weighted by Gasteiger charge is 2.34. The molecule has 0 aliphatic heterocycles. The number of hydrogen-bond acceptors (Lipinski definition) is 5. The van der Waals surface area contributed by atoms with Gasteiger partial charge in [0.05, 0.1) is 17.7 Å². The molecule has 0 saturated carbocycles. The van der Waals surface area contributed by atoms with Gasteiger partial charge in [-0.15, -0.1) is 0 Å². The van der Waals surface area contributed by atoms with Gasteiger partial charge in [-0.05, 0) is 68.3 Å². The second kappa shape index (κ2) is 13.2. The van der Waals surface area contributed by atoms with Crippen molar-refractivity contribution in [2.45, 2.75) is 38.3 Å². The lowest BCUT2D eigenvalue weighted by molar-refractivity contribution is -0.139. The van der Waals surface area contributed by atoms with Gasteiger partial charge in [0.25, 0.3) is 10.0 Å². The molecule has 3 aromatic carbocycles. The van der Waals surface area contributed by atoms with Gasteiger partial charge in [-0.2, -0.15) is 0 Å². The van der Waals surface area contributed by atoms with E-state index in [-0.39, 0.29) is 28.8 Å². The molecule has 208 valence electrons. The Morgan fingerprint density at radius 1 is 1.03 bits per heavy atom. The van der Waals surface area contributed by atoms with Gasteiger partial charge >= 0.3 is 0 Å². The third-order valence-corrected chi connectivity index (χ3v) is 8.45. The first-order valence-electron chi connectivity index (χ1n) is 12.2. The summed E-state index contributed by atoms with van der Waals surface area (Å²) in [4.78, 5) is 28.1. The minimum Gasteiger partial charge on any atom is -0.495 e. The van der Waals surface area contributed by atoms with Crippen LogP contribution in [0.25, 0.3) is 0 Å². The number of hydrogen-bond donors (Lipinski definition) is 1. The number of sulfonamides is 1. The normalized spacial score (nSPS) is 11.9. The maximum Gasteiger partial charge on any atom is 0.264 e. The molecule has 0 aliphatic rings. The summed E-state index contributed by atoms with van der Waals surface area (Å²) in [6.07, 6.45) is 0. The molecule has 0 fully saturated rings. The lowest BCUT2D eigenvalue weighted by Gasteiger charge is -2.32. The average Bonchev–Trinajstić information content (AvgIpc) is 2.91. The fourth-order valence-electron chi connectivity index (χ4n) is 3.97. The molecule has 11 heteroatoms. The Labute approximate surface area is 239 Å². The van der Waals surface area contributed by atoms with E-state index < -0.39 is 28.5 Å². The zero-order valence-corrected chi connectivity index (χ0v) is 24.5. The van der Waals surface area contributed by atoms with E-state index in [1.165, 1.54) is 24.1 Å². The van der Waals surface area contributed by atoms with Gasteiger partial charge in [-0.1, -0.05) is 53.5 Å². The van der Waals surface area contributed by atoms with E-state index in [0.29, 0.717) is 22.2 Å². The molecule has 0 aromatic heterocycles. The monoisotopic (exact) mass is 591 g/mol. The van der Waals surface area contributed by atoms with Crippen molar-refractivity contribution in [3.8, 4) is 5.75 Å². The van der Waals surface area contributed by atoms with Crippen molar-refractivity contribution in [3.05, 3.63) is 87.9 Å². The molecule has 3 rings (SSSR count). The van der Waals surface area contributed by atoms with Crippen LogP contribution in [0.5, 0.6) is 5.75 Å². The van der Waals surface area contributed by atoms with Crippen molar-refractivity contribution in [2.24, 2.45) is 0 Å². The predicted molar refractivity (Wildman–Crippen MR) is 154 cm³/mol. The van der Waals surface area contributed by atoms with Crippen LogP contribution in [0.4, 0.5) is 5.69 Å². The Hall–Kier alpha value is -3.27. The number of nitrogens with zero attached hydrogens (tertiary/aromatic N) is 2. The number of rotatable bonds is 11. The summed E-state index contributed by atoms with van der Waals surface area (Å²) in [7, 11) is -2.79. The molecule has 3 aromatic rings. The summed E-state index contributed by atoms with van der Waals surface area (Å²) < 4.78 is 34.3. The van der Waals surface area contributed by atoms with Crippen LogP contribution in [0.2, 0.25) is 10.0 Å². The second-order valence-electron chi connectivity index (χ2n) is 8.83. The van der Waals surface area contributed by atoms with Crippen LogP contribution < -0.4 is 14.4 Å². The quantitative estimate of drug-likeness (QED) is 0.336. The van der Waals surface area contributed by atoms with E-state index in [1.807, 2.05) is 6.92 Å². The average molecular weight is 593 g/mol. The van der Waals surface area contributed by atoms with Crippen LogP contribution >= 0.6 is 23.2 Å². The molecule has 1 N–H and O–H groups in total. The second-order valence-corrected chi connectivity index (χ2v) is 11.5. The Kier molecular flexibility index (Phi) is 10.2. The number of anilines is 1. The van der Waals surface area contributed by atoms with Crippen LogP contribution in [-0.2, 0) is 26.2 Å². The number of ether oxygens (including phenoxy) is 1. The summed E-state index contributed by atoms with van der Waals surface area (Å²) in [6, 6.07) is 16.8. The topological polar surface area (TPSA) is 96.0 Å². The molecule has 39 heavy (non-hydrogen) atoms. The molecule has 0 aliphatic carbocycles. The zero-order chi connectivity index (χ0) is 28.7. The summed E-state index contributed by atoms with van der Waals surface area (Å²) >= 11 is 12.4. The number of aryl methyl sites for hydroxylation is 1. The van der Waals surface area contributed by atoms with Gasteiger partial charge in [0.1, 0.15) is 18.3 Å². The number of benzene rings is 3. The van der Waals surface area contributed by atoms with E-state index >= 15 is 0 Å². The standard InChI is InChI=1S/C28H31Cl2N3O5S/c1-5-31-28(35)20(3)32(17-21-12-13-22(29)16-24(21)30)27(34)18-33(25-15-19(2)11-14-26(25)38-4)39(36,37)23-9-7-6-8-10-23/h6-16,20H,5,17-18H2,1-4H3,(H,31,35). The van der Waals surface area contributed by atoms with Crippen molar-refractivity contribution in [1.29, 1.82) is 0 Å². The first-order chi connectivity index (χ1) is 18.5. The van der Waals surface area contributed by atoms with Gasteiger partial charge in [0.15, 0.2) is 0 Å². The van der Waals surface area contributed by atoms with Gasteiger partial charge in [-0.25, -0.2) is 8.42 Å². The SMILES string of the molecule is CCNC(=O)C(C)N(Cc1ccc(Cl)cc1Cl)C(=O)CN(c1cc(C)ccc1OC)S(=O)(=O)c1ccccc1. The predicted octanol–water partition coefficient (Wildman–Crippen LogP) is 5.06. The largest absolute Gasteiger partial charge is 0.495 e. The van der Waals surface area contributed by atoms with Crippen molar-refractivity contribution in [3.63, 3.8) is 0 Å². The maximum atomic E-state index is 14.0. The van der Waals surface area contributed by atoms with Crippen LogP contribution in [-0.4, -0.2) is 51.4 Å². The van der Waals surface area contributed by atoms with E-state index in [4.69, 9.17) is 27.9 Å². The highest BCUT2D eigenvalue weighted by Crippen LogP contribution is 2.34. The Morgan fingerprint density at radius 3 is 2.33 bits per heavy atom. The zero-order valence-electron chi connectivity index (χ0n) is 22.1. The molecule has 0 saturated heterocycles. The minimum atomic E-state index is -4.21. The fraction of sp³-hybridized carbons (Fsp3) is 0.286. The maximum absolute atomic E-state index is 14.0. The number of halogens is 2. The molecular formula is C28H31Cl2N3O5S. The third-order valence-electron chi connectivity index (χ3n) is 6.09. The van der Waals surface area contributed by atoms with Crippen LogP contribution in [0.1, 0.15) is 25.0 Å². The summed E-state index contributed by atoms with van der Waals surface area (Å²) in [5.74, 6) is -0.721. The molecule has 0 bridgehead atoms. The molecule has 0 spiro atoms. The number of nitrogens with one attached hydrogen (secondary N) is 1. The van der Waals surface area contributed by atoms with E-state index in [2.05, 4.69) is 5.32 Å². The van der Waals surface area contributed by atoms with Crippen LogP contribution in [0.15, 0.2) is 71.6 Å². The molecule has 0 radical (unpaired) electrons. The number of carbonyl (C=O) groups excluding carboxylic acids is 2. The summed E-state index contributed by atoms with van der Waals surface area (Å²) in [5, 5.41) is 3.46. The van der Waals surface area contributed by atoms with E-state index in [1.54, 1.807) is 68.4 Å². The molecule has 8 nitrogen and oxygen atoms in total.